The van der Waals surface area contributed by atoms with E-state index < -0.39 is 23.2 Å². The van der Waals surface area contributed by atoms with Crippen molar-refractivity contribution in [2.45, 2.75) is 58.5 Å². The van der Waals surface area contributed by atoms with Gasteiger partial charge in [0.15, 0.2) is 0 Å². The summed E-state index contributed by atoms with van der Waals surface area (Å²) in [6, 6.07) is 3.09. The first kappa shape index (κ1) is 23.2. The summed E-state index contributed by atoms with van der Waals surface area (Å²) in [7, 11) is 2.82. The predicted molar refractivity (Wildman–Crippen MR) is 122 cm³/mol. The van der Waals surface area contributed by atoms with Crippen molar-refractivity contribution in [2.24, 2.45) is 0 Å². The maximum absolute atomic E-state index is 12.9. The molecule has 1 fully saturated rings. The molecule has 0 aliphatic carbocycles. The van der Waals surface area contributed by atoms with Crippen molar-refractivity contribution < 1.29 is 23.9 Å². The van der Waals surface area contributed by atoms with Crippen LogP contribution < -0.4 is 9.64 Å². The molecule has 7 nitrogen and oxygen atoms in total. The standard InChI is InChI=1S/C23H30N2O5S/c1-8-24-17-11-18(29-6)15(9-16(17)13(2)12-23(24,4)5)10-19-20(26)25(22(28)31-19)14(3)21(27)30-7/h9-11,13-14H,8,12H2,1-7H3/b19-10-. The second-order valence-electron chi connectivity index (χ2n) is 8.57. The van der Waals surface area contributed by atoms with E-state index in [0.29, 0.717) is 11.7 Å². The first-order valence-corrected chi connectivity index (χ1v) is 11.2. The number of nitrogens with zero attached hydrogens (tertiary/aromatic N) is 2. The van der Waals surface area contributed by atoms with Crippen molar-refractivity contribution in [1.29, 1.82) is 0 Å². The minimum absolute atomic E-state index is 0.0281. The quantitative estimate of drug-likeness (QED) is 0.490. The lowest BCUT2D eigenvalue weighted by Crippen LogP contribution is -2.48. The fraction of sp³-hybridized carbons (Fsp3) is 0.522. The first-order chi connectivity index (χ1) is 14.5. The molecule has 2 aliphatic rings. The highest BCUT2D eigenvalue weighted by Gasteiger charge is 2.42. The second-order valence-corrected chi connectivity index (χ2v) is 9.56. The van der Waals surface area contributed by atoms with Crippen LogP contribution >= 0.6 is 11.8 Å². The largest absolute Gasteiger partial charge is 0.496 e. The van der Waals surface area contributed by atoms with Gasteiger partial charge >= 0.3 is 5.97 Å². The third kappa shape index (κ3) is 4.05. The summed E-state index contributed by atoms with van der Waals surface area (Å²) in [5.41, 5.74) is 3.09. The van der Waals surface area contributed by atoms with E-state index in [4.69, 9.17) is 4.74 Å². The number of benzene rings is 1. The molecule has 2 heterocycles. The van der Waals surface area contributed by atoms with Crippen LogP contribution in [0.4, 0.5) is 10.5 Å². The smallest absolute Gasteiger partial charge is 0.328 e. The Hall–Kier alpha value is -2.48. The van der Waals surface area contributed by atoms with Crippen LogP contribution in [0.25, 0.3) is 6.08 Å². The van der Waals surface area contributed by atoms with E-state index in [0.717, 1.165) is 40.9 Å². The summed E-state index contributed by atoms with van der Waals surface area (Å²) in [6.45, 7) is 11.2. The summed E-state index contributed by atoms with van der Waals surface area (Å²) >= 11 is 0.820. The van der Waals surface area contributed by atoms with E-state index in [9.17, 15) is 14.4 Å². The fourth-order valence-electron chi connectivity index (χ4n) is 4.65. The second kappa shape index (κ2) is 8.57. The van der Waals surface area contributed by atoms with Crippen LogP contribution in [0.1, 0.15) is 58.1 Å². The van der Waals surface area contributed by atoms with Crippen LogP contribution in [-0.2, 0) is 14.3 Å². The molecule has 0 saturated carbocycles. The summed E-state index contributed by atoms with van der Waals surface area (Å²) < 4.78 is 10.3. The minimum Gasteiger partial charge on any atom is -0.496 e. The number of hydrogen-bond donors (Lipinski definition) is 0. The Morgan fingerprint density at radius 1 is 1.32 bits per heavy atom. The van der Waals surface area contributed by atoms with Crippen LogP contribution in [0.5, 0.6) is 5.75 Å². The van der Waals surface area contributed by atoms with Gasteiger partial charge in [0.25, 0.3) is 11.1 Å². The number of fused-ring (bicyclic) bond motifs is 1. The molecule has 2 aliphatic heterocycles. The van der Waals surface area contributed by atoms with E-state index in [-0.39, 0.29) is 10.4 Å². The van der Waals surface area contributed by atoms with Gasteiger partial charge in [-0.25, -0.2) is 4.79 Å². The number of amides is 2. The van der Waals surface area contributed by atoms with Gasteiger partial charge in [0.2, 0.25) is 0 Å². The number of thioether (sulfide) groups is 1. The van der Waals surface area contributed by atoms with E-state index >= 15 is 0 Å². The van der Waals surface area contributed by atoms with Gasteiger partial charge in [0.1, 0.15) is 11.8 Å². The number of esters is 1. The molecule has 2 amide bonds. The number of carbonyl (C=O) groups is 3. The van der Waals surface area contributed by atoms with E-state index in [2.05, 4.69) is 43.4 Å². The first-order valence-electron chi connectivity index (χ1n) is 10.4. The zero-order valence-corrected chi connectivity index (χ0v) is 20.0. The van der Waals surface area contributed by atoms with Crippen LogP contribution in [0, 0.1) is 0 Å². The normalized spacial score (nSPS) is 22.5. The summed E-state index contributed by atoms with van der Waals surface area (Å²) in [5, 5.41) is -0.488. The molecule has 1 saturated heterocycles. The van der Waals surface area contributed by atoms with Gasteiger partial charge in [0, 0.05) is 29.4 Å². The van der Waals surface area contributed by atoms with Crippen LogP contribution in [0.15, 0.2) is 17.0 Å². The average molecular weight is 447 g/mol. The number of anilines is 1. The molecule has 2 unspecified atom stereocenters. The molecule has 1 aromatic carbocycles. The predicted octanol–water partition coefficient (Wildman–Crippen LogP) is 4.41. The average Bonchev–Trinajstić information content (AvgIpc) is 2.99. The Balaban J connectivity index is 2.04. The monoisotopic (exact) mass is 446 g/mol. The summed E-state index contributed by atoms with van der Waals surface area (Å²) in [5.74, 6) is -0.168. The topological polar surface area (TPSA) is 76.2 Å². The Morgan fingerprint density at radius 3 is 2.58 bits per heavy atom. The molecule has 2 atom stereocenters. The highest BCUT2D eigenvalue weighted by atomic mass is 32.2. The van der Waals surface area contributed by atoms with Crippen molar-refractivity contribution in [1.82, 2.24) is 4.90 Å². The van der Waals surface area contributed by atoms with Crippen molar-refractivity contribution in [3.8, 4) is 5.75 Å². The molecular weight excluding hydrogens is 416 g/mol. The molecule has 0 aromatic heterocycles. The zero-order valence-electron chi connectivity index (χ0n) is 19.1. The van der Waals surface area contributed by atoms with Crippen LogP contribution in [0.3, 0.4) is 0 Å². The van der Waals surface area contributed by atoms with E-state index in [1.165, 1.54) is 19.6 Å². The Bertz CT molecular complexity index is 956. The fourth-order valence-corrected chi connectivity index (χ4v) is 5.55. The molecule has 8 heteroatoms. The lowest BCUT2D eigenvalue weighted by atomic mass is 9.79. The van der Waals surface area contributed by atoms with Crippen LogP contribution in [0.2, 0.25) is 0 Å². The van der Waals surface area contributed by atoms with Gasteiger partial charge in [-0.1, -0.05) is 6.92 Å². The zero-order chi connectivity index (χ0) is 23.1. The number of imide groups is 1. The van der Waals surface area contributed by atoms with Crippen molar-refractivity contribution >= 4 is 40.6 Å². The SMILES string of the molecule is CCN1c2cc(OC)c(/C=C3\SC(=O)N(C(C)C(=O)OC)C3=O)cc2C(C)CC1(C)C. The highest BCUT2D eigenvalue weighted by molar-refractivity contribution is 8.18. The van der Waals surface area contributed by atoms with Crippen molar-refractivity contribution in [3.63, 3.8) is 0 Å². The maximum Gasteiger partial charge on any atom is 0.328 e. The van der Waals surface area contributed by atoms with Gasteiger partial charge in [-0.15, -0.1) is 0 Å². The van der Waals surface area contributed by atoms with Gasteiger partial charge in [-0.05, 0) is 69.5 Å². The summed E-state index contributed by atoms with van der Waals surface area (Å²) in [4.78, 5) is 40.7. The minimum atomic E-state index is -0.978. The Labute approximate surface area is 187 Å². The molecule has 168 valence electrons. The van der Waals surface area contributed by atoms with Gasteiger partial charge < -0.3 is 14.4 Å². The number of rotatable bonds is 5. The highest BCUT2D eigenvalue weighted by Crippen LogP contribution is 2.46. The van der Waals surface area contributed by atoms with Gasteiger partial charge in [0.05, 0.1) is 19.1 Å². The lowest BCUT2D eigenvalue weighted by molar-refractivity contribution is -0.148. The van der Waals surface area contributed by atoms with Crippen molar-refractivity contribution in [2.75, 3.05) is 25.7 Å². The third-order valence-corrected chi connectivity index (χ3v) is 6.98. The number of methoxy groups -OCH3 is 2. The molecule has 0 radical (unpaired) electrons. The molecule has 0 N–H and O–H groups in total. The third-order valence-electron chi connectivity index (χ3n) is 6.09. The molecule has 0 bridgehead atoms. The lowest BCUT2D eigenvalue weighted by Gasteiger charge is -2.47. The number of carbonyl (C=O) groups excluding carboxylic acids is 3. The van der Waals surface area contributed by atoms with E-state index in [1.54, 1.807) is 13.2 Å². The Morgan fingerprint density at radius 2 is 2.00 bits per heavy atom. The Kier molecular flexibility index (Phi) is 6.41. The van der Waals surface area contributed by atoms with Gasteiger partial charge in [-0.3, -0.25) is 14.5 Å². The maximum atomic E-state index is 12.9. The van der Waals surface area contributed by atoms with Gasteiger partial charge in [-0.2, -0.15) is 0 Å². The molecule has 31 heavy (non-hydrogen) atoms. The number of ether oxygens (including phenoxy) is 2. The molecular formula is C23H30N2O5S. The molecule has 3 rings (SSSR count). The molecule has 0 spiro atoms. The van der Waals surface area contributed by atoms with E-state index in [1.807, 2.05) is 6.07 Å². The van der Waals surface area contributed by atoms with Crippen LogP contribution in [-0.4, -0.2) is 54.4 Å². The molecule has 1 aromatic rings. The number of hydrogen-bond acceptors (Lipinski definition) is 7. The summed E-state index contributed by atoms with van der Waals surface area (Å²) in [6.07, 6.45) is 2.68. The van der Waals surface area contributed by atoms with Crippen molar-refractivity contribution in [3.05, 3.63) is 28.2 Å².